The minimum atomic E-state index is 0.640. The lowest BCUT2D eigenvalue weighted by atomic mass is 10.2. The maximum atomic E-state index is 5.95. The van der Waals surface area contributed by atoms with E-state index in [0.717, 1.165) is 35.1 Å². The number of aliphatic imine (C=N–C) groups is 1. The first-order valence-corrected chi connectivity index (χ1v) is 9.44. The highest BCUT2D eigenvalue weighted by molar-refractivity contribution is 5.79. The van der Waals surface area contributed by atoms with E-state index < -0.39 is 0 Å². The van der Waals surface area contributed by atoms with Crippen LogP contribution in [0.1, 0.15) is 11.1 Å². The average Bonchev–Trinajstić information content (AvgIpc) is 2.69. The molecule has 28 heavy (non-hydrogen) atoms. The molecular weight excluding hydrogens is 352 g/mol. The van der Waals surface area contributed by atoms with Crippen LogP contribution in [-0.2, 0) is 13.1 Å². The van der Waals surface area contributed by atoms with Gasteiger partial charge in [0, 0.05) is 44.9 Å². The van der Waals surface area contributed by atoms with Crippen molar-refractivity contribution in [3.8, 4) is 11.5 Å². The standard InChI is InChI=1S/C22H32N4O2/c1-23-22(26(4)17-19-11-7-8-12-20(19)27-5)24-16-18-10-6-9-13-21(18)28-15-14-25(2)3/h6-13H,14-17H2,1-5H3,(H,23,24). The predicted molar refractivity (Wildman–Crippen MR) is 115 cm³/mol. The number of methoxy groups -OCH3 is 1. The molecule has 0 saturated carbocycles. The van der Waals surface area contributed by atoms with Crippen molar-refractivity contribution in [3.05, 3.63) is 59.7 Å². The summed E-state index contributed by atoms with van der Waals surface area (Å²) in [6.07, 6.45) is 0. The predicted octanol–water partition coefficient (Wildman–Crippen LogP) is 2.84. The van der Waals surface area contributed by atoms with Crippen LogP contribution < -0.4 is 14.8 Å². The van der Waals surface area contributed by atoms with Gasteiger partial charge in [-0.25, -0.2) is 0 Å². The van der Waals surface area contributed by atoms with Crippen LogP contribution in [0.2, 0.25) is 0 Å². The minimum absolute atomic E-state index is 0.640. The van der Waals surface area contributed by atoms with Gasteiger partial charge in [0.2, 0.25) is 0 Å². The number of nitrogens with zero attached hydrogens (tertiary/aromatic N) is 3. The Hall–Kier alpha value is -2.73. The molecule has 0 heterocycles. The van der Waals surface area contributed by atoms with Crippen molar-refractivity contribution < 1.29 is 9.47 Å². The minimum Gasteiger partial charge on any atom is -0.496 e. The highest BCUT2D eigenvalue weighted by Gasteiger charge is 2.11. The molecule has 2 aromatic rings. The second kappa shape index (κ2) is 11.2. The molecule has 0 radical (unpaired) electrons. The van der Waals surface area contributed by atoms with Gasteiger partial charge in [0.15, 0.2) is 5.96 Å². The number of rotatable bonds is 9. The highest BCUT2D eigenvalue weighted by Crippen LogP contribution is 2.20. The van der Waals surface area contributed by atoms with Gasteiger partial charge < -0.3 is 24.6 Å². The molecule has 0 amide bonds. The topological polar surface area (TPSA) is 49.3 Å². The van der Waals surface area contributed by atoms with Crippen LogP contribution in [0, 0.1) is 0 Å². The molecule has 0 aliphatic heterocycles. The summed E-state index contributed by atoms with van der Waals surface area (Å²) in [6, 6.07) is 16.1. The smallest absolute Gasteiger partial charge is 0.193 e. The molecule has 0 saturated heterocycles. The fraction of sp³-hybridized carbons (Fsp3) is 0.409. The largest absolute Gasteiger partial charge is 0.496 e. The van der Waals surface area contributed by atoms with Gasteiger partial charge >= 0.3 is 0 Å². The fourth-order valence-corrected chi connectivity index (χ4v) is 2.85. The number of likely N-dealkylation sites (N-methyl/N-ethyl adjacent to an activating group) is 1. The van der Waals surface area contributed by atoms with Crippen LogP contribution in [0.15, 0.2) is 53.5 Å². The highest BCUT2D eigenvalue weighted by atomic mass is 16.5. The normalized spacial score (nSPS) is 11.4. The third kappa shape index (κ3) is 6.46. The number of benzene rings is 2. The van der Waals surface area contributed by atoms with Crippen molar-refractivity contribution >= 4 is 5.96 Å². The van der Waals surface area contributed by atoms with E-state index in [4.69, 9.17) is 9.47 Å². The molecule has 0 unspecified atom stereocenters. The zero-order chi connectivity index (χ0) is 20.4. The molecule has 0 bridgehead atoms. The Kier molecular flexibility index (Phi) is 8.62. The third-order valence-corrected chi connectivity index (χ3v) is 4.38. The molecule has 152 valence electrons. The Morgan fingerprint density at radius 1 is 0.964 bits per heavy atom. The summed E-state index contributed by atoms with van der Waals surface area (Å²) in [4.78, 5) is 8.60. The Labute approximate surface area is 168 Å². The lowest BCUT2D eigenvalue weighted by Crippen LogP contribution is -2.38. The Bertz CT molecular complexity index is 762. The molecule has 0 aliphatic rings. The van der Waals surface area contributed by atoms with Crippen LogP contribution in [0.5, 0.6) is 11.5 Å². The van der Waals surface area contributed by atoms with Gasteiger partial charge in [-0.3, -0.25) is 4.99 Å². The Morgan fingerprint density at radius 2 is 1.61 bits per heavy atom. The molecule has 1 N–H and O–H groups in total. The molecule has 0 fully saturated rings. The van der Waals surface area contributed by atoms with E-state index in [9.17, 15) is 0 Å². The van der Waals surface area contributed by atoms with E-state index in [1.807, 2.05) is 57.5 Å². The number of para-hydroxylation sites is 2. The summed E-state index contributed by atoms with van der Waals surface area (Å²) in [5, 5.41) is 3.43. The lowest BCUT2D eigenvalue weighted by molar-refractivity contribution is 0.259. The van der Waals surface area contributed by atoms with E-state index >= 15 is 0 Å². The zero-order valence-corrected chi connectivity index (χ0v) is 17.6. The molecule has 0 aromatic heterocycles. The molecular formula is C22H32N4O2. The quantitative estimate of drug-likeness (QED) is 0.532. The van der Waals surface area contributed by atoms with E-state index in [-0.39, 0.29) is 0 Å². The summed E-state index contributed by atoms with van der Waals surface area (Å²) < 4.78 is 11.4. The molecule has 0 spiro atoms. The van der Waals surface area contributed by atoms with Gasteiger partial charge in [0.1, 0.15) is 18.1 Å². The third-order valence-electron chi connectivity index (χ3n) is 4.38. The first kappa shape index (κ1) is 21.6. The van der Waals surface area contributed by atoms with Gasteiger partial charge in [-0.2, -0.15) is 0 Å². The molecule has 6 heteroatoms. The average molecular weight is 385 g/mol. The van der Waals surface area contributed by atoms with Crippen LogP contribution >= 0.6 is 0 Å². The second-order valence-corrected chi connectivity index (χ2v) is 6.83. The fourth-order valence-electron chi connectivity index (χ4n) is 2.85. The van der Waals surface area contributed by atoms with Crippen molar-refractivity contribution in [1.29, 1.82) is 0 Å². The summed E-state index contributed by atoms with van der Waals surface area (Å²) in [7, 11) is 9.58. The van der Waals surface area contributed by atoms with E-state index in [1.165, 1.54) is 0 Å². The molecule has 0 atom stereocenters. The Morgan fingerprint density at radius 3 is 2.25 bits per heavy atom. The van der Waals surface area contributed by atoms with Crippen molar-refractivity contribution in [1.82, 2.24) is 15.1 Å². The van der Waals surface area contributed by atoms with Crippen molar-refractivity contribution in [2.75, 3.05) is 48.5 Å². The summed E-state index contributed by atoms with van der Waals surface area (Å²) in [5.74, 6) is 2.60. The SMILES string of the molecule is CN=C(NCc1ccccc1OCCN(C)C)N(C)Cc1ccccc1OC. The van der Waals surface area contributed by atoms with Gasteiger partial charge in [-0.15, -0.1) is 0 Å². The summed E-state index contributed by atoms with van der Waals surface area (Å²) in [5.41, 5.74) is 2.22. The van der Waals surface area contributed by atoms with Crippen molar-refractivity contribution in [2.45, 2.75) is 13.1 Å². The molecule has 2 rings (SSSR count). The van der Waals surface area contributed by atoms with Gasteiger partial charge in [0.05, 0.1) is 7.11 Å². The number of guanidine groups is 1. The van der Waals surface area contributed by atoms with Gasteiger partial charge in [-0.1, -0.05) is 36.4 Å². The first-order chi connectivity index (χ1) is 13.5. The lowest BCUT2D eigenvalue weighted by Gasteiger charge is -2.23. The van der Waals surface area contributed by atoms with E-state index in [1.54, 1.807) is 14.2 Å². The van der Waals surface area contributed by atoms with Gasteiger partial charge in [0.25, 0.3) is 0 Å². The van der Waals surface area contributed by atoms with Crippen LogP contribution in [0.4, 0.5) is 0 Å². The summed E-state index contributed by atoms with van der Waals surface area (Å²) in [6.45, 7) is 2.88. The maximum absolute atomic E-state index is 5.95. The van der Waals surface area contributed by atoms with Crippen molar-refractivity contribution in [2.24, 2.45) is 4.99 Å². The first-order valence-electron chi connectivity index (χ1n) is 9.44. The molecule has 0 aliphatic carbocycles. The second-order valence-electron chi connectivity index (χ2n) is 6.83. The van der Waals surface area contributed by atoms with Crippen LogP contribution in [-0.4, -0.2) is 64.2 Å². The van der Waals surface area contributed by atoms with E-state index in [0.29, 0.717) is 19.7 Å². The molecule has 2 aromatic carbocycles. The van der Waals surface area contributed by atoms with Crippen LogP contribution in [0.3, 0.4) is 0 Å². The van der Waals surface area contributed by atoms with Gasteiger partial charge in [-0.05, 0) is 26.2 Å². The van der Waals surface area contributed by atoms with E-state index in [2.05, 4.69) is 32.2 Å². The number of nitrogens with one attached hydrogen (secondary N) is 1. The monoisotopic (exact) mass is 384 g/mol. The molecule has 6 nitrogen and oxygen atoms in total. The number of hydrogen-bond acceptors (Lipinski definition) is 4. The number of hydrogen-bond donors (Lipinski definition) is 1. The Balaban J connectivity index is 1.98. The zero-order valence-electron chi connectivity index (χ0n) is 17.6. The maximum Gasteiger partial charge on any atom is 0.193 e. The summed E-state index contributed by atoms with van der Waals surface area (Å²) >= 11 is 0. The van der Waals surface area contributed by atoms with Crippen LogP contribution in [0.25, 0.3) is 0 Å². The van der Waals surface area contributed by atoms with Crippen molar-refractivity contribution in [3.63, 3.8) is 0 Å². The number of ether oxygens (including phenoxy) is 2.